The van der Waals surface area contributed by atoms with E-state index >= 15 is 0 Å². The largest absolute Gasteiger partial charge is 0.484 e. The molecule has 8 nitrogen and oxygen atoms in total. The molecule has 0 atom stereocenters. The standard InChI is InChI=1S/C15H13BrN2O6S2/c1-2-22-15(21)12-10-9(23-5-6-24-10)11(26-12)14(20)18-17-13(19)7-3-4-8(16)25-7/h3-4H,2,5-6H2,1H3,(H,17,19)(H,18,20). The normalized spacial score (nSPS) is 12.4. The molecule has 3 rings (SSSR count). The van der Waals surface area contributed by atoms with Gasteiger partial charge in [0.2, 0.25) is 0 Å². The first-order valence-corrected chi connectivity index (χ1v) is 9.89. The quantitative estimate of drug-likeness (QED) is 0.536. The number of hydrazine groups is 1. The molecule has 26 heavy (non-hydrogen) atoms. The van der Waals surface area contributed by atoms with Crippen LogP contribution in [0, 0.1) is 0 Å². The van der Waals surface area contributed by atoms with E-state index in [0.29, 0.717) is 4.88 Å². The molecule has 0 radical (unpaired) electrons. The fourth-order valence-corrected chi connectivity index (χ4v) is 4.36. The summed E-state index contributed by atoms with van der Waals surface area (Å²) in [4.78, 5) is 37.2. The predicted octanol–water partition coefficient (Wildman–Crippen LogP) is 2.59. The van der Waals surface area contributed by atoms with Gasteiger partial charge in [-0.25, -0.2) is 4.79 Å². The highest BCUT2D eigenvalue weighted by molar-refractivity contribution is 9.11. The Hall–Kier alpha value is -2.11. The average Bonchev–Trinajstić information content (AvgIpc) is 3.23. The van der Waals surface area contributed by atoms with E-state index < -0.39 is 17.8 Å². The Bertz CT molecular complexity index is 862. The molecule has 1 aliphatic heterocycles. The fourth-order valence-electron chi connectivity index (χ4n) is 2.10. The molecule has 0 fully saturated rings. The van der Waals surface area contributed by atoms with Crippen molar-refractivity contribution in [1.29, 1.82) is 0 Å². The number of thiophene rings is 2. The lowest BCUT2D eigenvalue weighted by Crippen LogP contribution is -2.41. The Morgan fingerprint density at radius 3 is 2.35 bits per heavy atom. The minimum absolute atomic E-state index is 0.121. The molecule has 0 aliphatic carbocycles. The van der Waals surface area contributed by atoms with Gasteiger partial charge in [0.25, 0.3) is 11.8 Å². The summed E-state index contributed by atoms with van der Waals surface area (Å²) in [6.07, 6.45) is 0. The molecule has 11 heteroatoms. The van der Waals surface area contributed by atoms with Crippen molar-refractivity contribution in [3.63, 3.8) is 0 Å². The van der Waals surface area contributed by atoms with Crippen molar-refractivity contribution >= 4 is 56.4 Å². The highest BCUT2D eigenvalue weighted by atomic mass is 79.9. The van der Waals surface area contributed by atoms with Gasteiger partial charge in [-0.1, -0.05) is 0 Å². The molecule has 138 valence electrons. The number of amides is 2. The number of hydrogen-bond acceptors (Lipinski definition) is 8. The number of rotatable bonds is 4. The third-order valence-electron chi connectivity index (χ3n) is 3.15. The molecule has 2 aromatic heterocycles. The summed E-state index contributed by atoms with van der Waals surface area (Å²) in [5.41, 5.74) is 4.64. The number of esters is 1. The molecule has 0 bridgehead atoms. The topological polar surface area (TPSA) is 103 Å². The van der Waals surface area contributed by atoms with Gasteiger partial charge in [-0.05, 0) is 35.0 Å². The van der Waals surface area contributed by atoms with Crippen molar-refractivity contribution in [2.45, 2.75) is 6.92 Å². The van der Waals surface area contributed by atoms with Gasteiger partial charge in [-0.15, -0.1) is 22.7 Å². The van der Waals surface area contributed by atoms with Gasteiger partial charge in [-0.2, -0.15) is 0 Å². The SMILES string of the molecule is CCOC(=O)c1sc(C(=O)NNC(=O)c2ccc(Br)s2)c2c1OCCO2. The number of nitrogens with one attached hydrogen (secondary N) is 2. The van der Waals surface area contributed by atoms with Crippen LogP contribution in [0.2, 0.25) is 0 Å². The Kier molecular flexibility index (Phi) is 5.79. The second-order valence-electron chi connectivity index (χ2n) is 4.85. The molecule has 1 aliphatic rings. The van der Waals surface area contributed by atoms with Crippen LogP contribution in [0.5, 0.6) is 11.5 Å². The van der Waals surface area contributed by atoms with Crippen LogP contribution in [-0.4, -0.2) is 37.6 Å². The van der Waals surface area contributed by atoms with Crippen LogP contribution in [0.3, 0.4) is 0 Å². The van der Waals surface area contributed by atoms with Crippen LogP contribution in [0.25, 0.3) is 0 Å². The van der Waals surface area contributed by atoms with Crippen molar-refractivity contribution in [3.8, 4) is 11.5 Å². The summed E-state index contributed by atoms with van der Waals surface area (Å²) in [6.45, 7) is 2.39. The maximum atomic E-state index is 12.4. The molecule has 0 saturated carbocycles. The summed E-state index contributed by atoms with van der Waals surface area (Å²) in [6, 6.07) is 3.35. The monoisotopic (exact) mass is 460 g/mol. The van der Waals surface area contributed by atoms with E-state index in [1.54, 1.807) is 19.1 Å². The van der Waals surface area contributed by atoms with Gasteiger partial charge in [0.1, 0.15) is 18.1 Å². The first-order chi connectivity index (χ1) is 12.5. The smallest absolute Gasteiger partial charge is 0.352 e. The number of fused-ring (bicyclic) bond motifs is 1. The first kappa shape index (κ1) is 18.7. The number of halogens is 1. The second kappa shape index (κ2) is 8.06. The molecule has 0 aromatic carbocycles. The van der Waals surface area contributed by atoms with Crippen molar-refractivity contribution < 1.29 is 28.6 Å². The Labute approximate surface area is 164 Å². The van der Waals surface area contributed by atoms with E-state index in [9.17, 15) is 14.4 Å². The van der Waals surface area contributed by atoms with Gasteiger partial charge < -0.3 is 14.2 Å². The minimum Gasteiger partial charge on any atom is -0.484 e. The molecule has 3 heterocycles. The number of ether oxygens (including phenoxy) is 3. The lowest BCUT2D eigenvalue weighted by atomic mass is 10.3. The lowest BCUT2D eigenvalue weighted by Gasteiger charge is -2.16. The van der Waals surface area contributed by atoms with Gasteiger partial charge >= 0.3 is 5.97 Å². The molecule has 2 amide bonds. The van der Waals surface area contributed by atoms with E-state index in [2.05, 4.69) is 26.8 Å². The van der Waals surface area contributed by atoms with Crippen molar-refractivity contribution in [2.75, 3.05) is 19.8 Å². The molecular weight excluding hydrogens is 448 g/mol. The van der Waals surface area contributed by atoms with Crippen LogP contribution < -0.4 is 20.3 Å². The number of carbonyl (C=O) groups excluding carboxylic acids is 3. The van der Waals surface area contributed by atoms with E-state index in [-0.39, 0.29) is 41.1 Å². The number of carbonyl (C=O) groups is 3. The van der Waals surface area contributed by atoms with Crippen LogP contribution >= 0.6 is 38.6 Å². The summed E-state index contributed by atoms with van der Waals surface area (Å²) >= 11 is 5.39. The van der Waals surface area contributed by atoms with E-state index in [1.807, 2.05) is 0 Å². The summed E-state index contributed by atoms with van der Waals surface area (Å²) in [5.74, 6) is -1.29. The van der Waals surface area contributed by atoms with Crippen LogP contribution in [0.15, 0.2) is 15.9 Å². The maximum absolute atomic E-state index is 12.4. The predicted molar refractivity (Wildman–Crippen MR) is 98.2 cm³/mol. The fraction of sp³-hybridized carbons (Fsp3) is 0.267. The highest BCUT2D eigenvalue weighted by Crippen LogP contribution is 2.44. The number of hydrogen-bond donors (Lipinski definition) is 2. The molecule has 0 unspecified atom stereocenters. The Morgan fingerprint density at radius 2 is 1.73 bits per heavy atom. The summed E-state index contributed by atoms with van der Waals surface area (Å²) < 4.78 is 16.7. The van der Waals surface area contributed by atoms with Gasteiger partial charge in [-0.3, -0.25) is 20.4 Å². The molecule has 2 aromatic rings. The van der Waals surface area contributed by atoms with Crippen molar-refractivity contribution in [2.24, 2.45) is 0 Å². The Balaban J connectivity index is 1.76. The zero-order valence-electron chi connectivity index (χ0n) is 13.4. The summed E-state index contributed by atoms with van der Waals surface area (Å²) in [5, 5.41) is 0. The minimum atomic E-state index is -0.615. The average molecular weight is 461 g/mol. The Morgan fingerprint density at radius 1 is 1.08 bits per heavy atom. The molecule has 0 saturated heterocycles. The molecule has 0 spiro atoms. The third-order valence-corrected chi connectivity index (χ3v) is 5.91. The van der Waals surface area contributed by atoms with Crippen LogP contribution in [0.1, 0.15) is 35.9 Å². The van der Waals surface area contributed by atoms with Crippen molar-refractivity contribution in [1.82, 2.24) is 10.9 Å². The van der Waals surface area contributed by atoms with Crippen LogP contribution in [-0.2, 0) is 4.74 Å². The maximum Gasteiger partial charge on any atom is 0.352 e. The highest BCUT2D eigenvalue weighted by Gasteiger charge is 2.32. The van der Waals surface area contributed by atoms with Crippen molar-refractivity contribution in [3.05, 3.63) is 30.6 Å². The second-order valence-corrected chi connectivity index (χ2v) is 8.33. The third kappa shape index (κ3) is 3.84. The molecule has 2 N–H and O–H groups in total. The zero-order chi connectivity index (χ0) is 18.7. The zero-order valence-corrected chi connectivity index (χ0v) is 16.6. The van der Waals surface area contributed by atoms with E-state index in [0.717, 1.165) is 15.1 Å². The molecular formula is C15H13BrN2O6S2. The first-order valence-electron chi connectivity index (χ1n) is 7.46. The van der Waals surface area contributed by atoms with Gasteiger partial charge in [0.05, 0.1) is 15.3 Å². The van der Waals surface area contributed by atoms with Gasteiger partial charge in [0, 0.05) is 0 Å². The van der Waals surface area contributed by atoms with Crippen LogP contribution in [0.4, 0.5) is 0 Å². The summed E-state index contributed by atoms with van der Waals surface area (Å²) in [7, 11) is 0. The van der Waals surface area contributed by atoms with Gasteiger partial charge in [0.15, 0.2) is 16.4 Å². The lowest BCUT2D eigenvalue weighted by molar-refractivity contribution is 0.0523. The van der Waals surface area contributed by atoms with E-state index in [1.165, 1.54) is 11.3 Å². The van der Waals surface area contributed by atoms with E-state index in [4.69, 9.17) is 14.2 Å².